The minimum Gasteiger partial charge on any atom is -0.497 e. The SMILES string of the molecule is CCN(CC)CCNCc1ccc(OC)cc1OC.Cl.Cl. The van der Waals surface area contributed by atoms with Crippen LogP contribution >= 0.6 is 24.8 Å². The smallest absolute Gasteiger partial charge is 0.127 e. The molecule has 4 nitrogen and oxygen atoms in total. The zero-order valence-electron chi connectivity index (χ0n) is 13.3. The highest BCUT2D eigenvalue weighted by molar-refractivity contribution is 5.85. The summed E-state index contributed by atoms with van der Waals surface area (Å²) in [5, 5.41) is 3.45. The summed E-state index contributed by atoms with van der Waals surface area (Å²) in [7, 11) is 3.35. The fourth-order valence-electron chi connectivity index (χ4n) is 2.00. The van der Waals surface area contributed by atoms with Crippen LogP contribution in [-0.4, -0.2) is 45.3 Å². The second kappa shape index (κ2) is 13.0. The number of rotatable bonds is 9. The topological polar surface area (TPSA) is 33.7 Å². The van der Waals surface area contributed by atoms with E-state index in [0.29, 0.717) is 0 Å². The van der Waals surface area contributed by atoms with Gasteiger partial charge in [-0.3, -0.25) is 0 Å². The molecule has 0 saturated heterocycles. The average molecular weight is 339 g/mol. The summed E-state index contributed by atoms with van der Waals surface area (Å²) < 4.78 is 10.6. The van der Waals surface area contributed by atoms with Gasteiger partial charge in [-0.05, 0) is 19.2 Å². The van der Waals surface area contributed by atoms with E-state index < -0.39 is 0 Å². The fraction of sp³-hybridized carbons (Fsp3) is 0.600. The Balaban J connectivity index is 0. The summed E-state index contributed by atoms with van der Waals surface area (Å²) in [6.07, 6.45) is 0. The lowest BCUT2D eigenvalue weighted by atomic mass is 10.2. The molecular formula is C15H28Cl2N2O2. The first-order chi connectivity index (χ1) is 9.24. The zero-order valence-corrected chi connectivity index (χ0v) is 15.0. The molecule has 0 heterocycles. The van der Waals surface area contributed by atoms with Gasteiger partial charge in [0.25, 0.3) is 0 Å². The van der Waals surface area contributed by atoms with Crippen molar-refractivity contribution in [2.24, 2.45) is 0 Å². The number of nitrogens with one attached hydrogen (secondary N) is 1. The van der Waals surface area contributed by atoms with E-state index >= 15 is 0 Å². The van der Waals surface area contributed by atoms with Gasteiger partial charge in [0.1, 0.15) is 11.5 Å². The molecule has 1 N–H and O–H groups in total. The second-order valence-electron chi connectivity index (χ2n) is 4.38. The predicted octanol–water partition coefficient (Wildman–Crippen LogP) is 2.98. The number of ether oxygens (including phenoxy) is 2. The fourth-order valence-corrected chi connectivity index (χ4v) is 2.00. The van der Waals surface area contributed by atoms with Gasteiger partial charge < -0.3 is 19.7 Å². The van der Waals surface area contributed by atoms with Crippen molar-refractivity contribution < 1.29 is 9.47 Å². The molecule has 1 aromatic rings. The average Bonchev–Trinajstić information content (AvgIpc) is 2.47. The van der Waals surface area contributed by atoms with Crippen molar-refractivity contribution in [3.8, 4) is 11.5 Å². The van der Waals surface area contributed by atoms with Crippen LogP contribution in [0.25, 0.3) is 0 Å². The Morgan fingerprint density at radius 1 is 1.05 bits per heavy atom. The number of halogens is 2. The molecule has 1 rings (SSSR count). The minimum absolute atomic E-state index is 0. The summed E-state index contributed by atoms with van der Waals surface area (Å²) in [5.41, 5.74) is 1.16. The molecule has 6 heteroatoms. The van der Waals surface area contributed by atoms with Crippen LogP contribution < -0.4 is 14.8 Å². The lowest BCUT2D eigenvalue weighted by molar-refractivity contribution is 0.302. The van der Waals surface area contributed by atoms with Crippen molar-refractivity contribution >= 4 is 24.8 Å². The Labute approximate surface area is 141 Å². The maximum atomic E-state index is 5.38. The van der Waals surface area contributed by atoms with E-state index in [4.69, 9.17) is 9.47 Å². The highest BCUT2D eigenvalue weighted by atomic mass is 35.5. The van der Waals surface area contributed by atoms with Crippen molar-refractivity contribution in [1.82, 2.24) is 10.2 Å². The van der Waals surface area contributed by atoms with Crippen LogP contribution in [-0.2, 0) is 6.54 Å². The molecule has 21 heavy (non-hydrogen) atoms. The van der Waals surface area contributed by atoms with Crippen LogP contribution in [0.3, 0.4) is 0 Å². The Bertz CT molecular complexity index is 375. The van der Waals surface area contributed by atoms with Crippen molar-refractivity contribution in [3.63, 3.8) is 0 Å². The summed E-state index contributed by atoms with van der Waals surface area (Å²) in [4.78, 5) is 2.40. The van der Waals surface area contributed by atoms with Gasteiger partial charge in [0.15, 0.2) is 0 Å². The highest BCUT2D eigenvalue weighted by Gasteiger charge is 2.05. The van der Waals surface area contributed by atoms with Crippen LogP contribution in [0.15, 0.2) is 18.2 Å². The van der Waals surface area contributed by atoms with Crippen molar-refractivity contribution in [3.05, 3.63) is 23.8 Å². The van der Waals surface area contributed by atoms with E-state index in [0.717, 1.165) is 49.8 Å². The number of hydrogen-bond donors (Lipinski definition) is 1. The van der Waals surface area contributed by atoms with Crippen LogP contribution in [0.1, 0.15) is 19.4 Å². The molecule has 1 aromatic carbocycles. The molecule has 0 radical (unpaired) electrons. The van der Waals surface area contributed by atoms with Crippen molar-refractivity contribution in [1.29, 1.82) is 0 Å². The Morgan fingerprint density at radius 3 is 2.24 bits per heavy atom. The first-order valence-corrected chi connectivity index (χ1v) is 6.89. The van der Waals surface area contributed by atoms with Crippen molar-refractivity contribution in [2.75, 3.05) is 40.4 Å². The Kier molecular flexibility index (Phi) is 14.0. The lowest BCUT2D eigenvalue weighted by Crippen LogP contribution is -2.31. The molecule has 0 aliphatic rings. The molecule has 0 aliphatic heterocycles. The molecule has 0 aromatic heterocycles. The van der Waals surface area contributed by atoms with Crippen LogP contribution in [0, 0.1) is 0 Å². The van der Waals surface area contributed by atoms with Crippen molar-refractivity contribution in [2.45, 2.75) is 20.4 Å². The first kappa shape index (κ1) is 22.6. The molecule has 0 amide bonds. The van der Waals surface area contributed by atoms with Gasteiger partial charge in [0, 0.05) is 31.3 Å². The summed E-state index contributed by atoms with van der Waals surface area (Å²) in [6.45, 7) is 9.46. The van der Waals surface area contributed by atoms with Crippen LogP contribution in [0.4, 0.5) is 0 Å². The standard InChI is InChI=1S/C15H26N2O2.2ClH/c1-5-17(6-2)10-9-16-12-13-7-8-14(18-3)11-15(13)19-4;;/h7-8,11,16H,5-6,9-10,12H2,1-4H3;2*1H. The third-order valence-corrected chi connectivity index (χ3v) is 3.31. The largest absolute Gasteiger partial charge is 0.497 e. The quantitative estimate of drug-likeness (QED) is 0.702. The third kappa shape index (κ3) is 7.77. The lowest BCUT2D eigenvalue weighted by Gasteiger charge is -2.18. The molecule has 124 valence electrons. The maximum absolute atomic E-state index is 5.38. The van der Waals surface area contributed by atoms with E-state index in [1.165, 1.54) is 0 Å². The van der Waals surface area contributed by atoms with E-state index in [-0.39, 0.29) is 24.8 Å². The summed E-state index contributed by atoms with van der Waals surface area (Å²) >= 11 is 0. The minimum atomic E-state index is 0. The van der Waals surface area contributed by atoms with Gasteiger partial charge in [-0.2, -0.15) is 0 Å². The number of likely N-dealkylation sites (N-methyl/N-ethyl adjacent to an activating group) is 1. The van der Waals surface area contributed by atoms with E-state index in [1.807, 2.05) is 18.2 Å². The predicted molar refractivity (Wildman–Crippen MR) is 93.5 cm³/mol. The number of benzene rings is 1. The van der Waals surface area contributed by atoms with Gasteiger partial charge in [0.05, 0.1) is 14.2 Å². The van der Waals surface area contributed by atoms with Crippen LogP contribution in [0.2, 0.25) is 0 Å². The normalized spacial score (nSPS) is 9.76. The van der Waals surface area contributed by atoms with Gasteiger partial charge in [-0.1, -0.05) is 19.9 Å². The molecule has 0 atom stereocenters. The number of hydrogen-bond acceptors (Lipinski definition) is 4. The molecule has 0 fully saturated rings. The molecule has 0 bridgehead atoms. The van der Waals surface area contributed by atoms with E-state index in [2.05, 4.69) is 24.1 Å². The van der Waals surface area contributed by atoms with Gasteiger partial charge in [-0.15, -0.1) is 24.8 Å². The molecule has 0 aliphatic carbocycles. The molecule has 0 spiro atoms. The number of methoxy groups -OCH3 is 2. The van der Waals surface area contributed by atoms with E-state index in [1.54, 1.807) is 14.2 Å². The highest BCUT2D eigenvalue weighted by Crippen LogP contribution is 2.24. The third-order valence-electron chi connectivity index (χ3n) is 3.31. The molecule has 0 saturated carbocycles. The molecular weight excluding hydrogens is 311 g/mol. The Morgan fingerprint density at radius 2 is 1.71 bits per heavy atom. The monoisotopic (exact) mass is 338 g/mol. The van der Waals surface area contributed by atoms with Crippen LogP contribution in [0.5, 0.6) is 11.5 Å². The Hall–Kier alpha value is -0.680. The molecule has 0 unspecified atom stereocenters. The number of nitrogens with zero attached hydrogens (tertiary/aromatic N) is 1. The second-order valence-corrected chi connectivity index (χ2v) is 4.38. The summed E-state index contributed by atoms with van der Waals surface area (Å²) in [6, 6.07) is 5.92. The zero-order chi connectivity index (χ0) is 14.1. The van der Waals surface area contributed by atoms with E-state index in [9.17, 15) is 0 Å². The van der Waals surface area contributed by atoms with Gasteiger partial charge >= 0.3 is 0 Å². The first-order valence-electron chi connectivity index (χ1n) is 6.89. The van der Waals surface area contributed by atoms with Gasteiger partial charge in [0.2, 0.25) is 0 Å². The maximum Gasteiger partial charge on any atom is 0.127 e. The van der Waals surface area contributed by atoms with Gasteiger partial charge in [-0.25, -0.2) is 0 Å². The summed E-state index contributed by atoms with van der Waals surface area (Å²) in [5.74, 6) is 1.69.